The van der Waals surface area contributed by atoms with Gasteiger partial charge in [-0.2, -0.15) is 0 Å². The summed E-state index contributed by atoms with van der Waals surface area (Å²) < 4.78 is 11.8. The standard InChI is InChI=1S/C13H20BrNO2/c1-13(2,10-16-3)15-7-8-17-12-6-4-5-11(14)9-12/h4-6,9,15H,7-8,10H2,1-3H3. The highest BCUT2D eigenvalue weighted by Gasteiger charge is 2.15. The van der Waals surface area contributed by atoms with Crippen LogP contribution in [0.25, 0.3) is 0 Å². The largest absolute Gasteiger partial charge is 0.492 e. The van der Waals surface area contributed by atoms with Gasteiger partial charge in [0.2, 0.25) is 0 Å². The topological polar surface area (TPSA) is 30.5 Å². The molecule has 0 bridgehead atoms. The molecule has 0 unspecified atom stereocenters. The van der Waals surface area contributed by atoms with E-state index in [2.05, 4.69) is 35.1 Å². The van der Waals surface area contributed by atoms with Gasteiger partial charge in [-0.05, 0) is 32.0 Å². The Hall–Kier alpha value is -0.580. The van der Waals surface area contributed by atoms with Crippen molar-refractivity contribution in [1.29, 1.82) is 0 Å². The van der Waals surface area contributed by atoms with Crippen molar-refractivity contribution in [3.05, 3.63) is 28.7 Å². The summed E-state index contributed by atoms with van der Waals surface area (Å²) in [6, 6.07) is 7.85. The van der Waals surface area contributed by atoms with Crippen LogP contribution in [-0.2, 0) is 4.74 Å². The zero-order chi connectivity index (χ0) is 12.7. The Morgan fingerprint density at radius 1 is 1.35 bits per heavy atom. The van der Waals surface area contributed by atoms with Gasteiger partial charge in [0.15, 0.2) is 0 Å². The number of halogens is 1. The summed E-state index contributed by atoms with van der Waals surface area (Å²) in [4.78, 5) is 0. The number of hydrogen-bond acceptors (Lipinski definition) is 3. The van der Waals surface area contributed by atoms with Gasteiger partial charge in [0.05, 0.1) is 6.61 Å². The first-order chi connectivity index (χ1) is 8.03. The number of methoxy groups -OCH3 is 1. The van der Waals surface area contributed by atoms with Gasteiger partial charge in [-0.25, -0.2) is 0 Å². The van der Waals surface area contributed by atoms with Crippen LogP contribution >= 0.6 is 15.9 Å². The lowest BCUT2D eigenvalue weighted by atomic mass is 10.1. The zero-order valence-corrected chi connectivity index (χ0v) is 12.2. The molecule has 1 aromatic rings. The van der Waals surface area contributed by atoms with E-state index < -0.39 is 0 Å². The van der Waals surface area contributed by atoms with Crippen molar-refractivity contribution in [3.63, 3.8) is 0 Å². The Morgan fingerprint density at radius 2 is 2.12 bits per heavy atom. The molecule has 0 aliphatic heterocycles. The summed E-state index contributed by atoms with van der Waals surface area (Å²) in [5, 5.41) is 3.38. The van der Waals surface area contributed by atoms with E-state index in [4.69, 9.17) is 9.47 Å². The first-order valence-electron chi connectivity index (χ1n) is 5.66. The maximum atomic E-state index is 5.63. The predicted molar refractivity (Wildman–Crippen MR) is 73.6 cm³/mol. The highest BCUT2D eigenvalue weighted by molar-refractivity contribution is 9.10. The quantitative estimate of drug-likeness (QED) is 0.786. The molecule has 0 saturated carbocycles. The van der Waals surface area contributed by atoms with Crippen LogP contribution in [0.2, 0.25) is 0 Å². The van der Waals surface area contributed by atoms with E-state index in [1.54, 1.807) is 7.11 Å². The number of ether oxygens (including phenoxy) is 2. The molecule has 0 saturated heterocycles. The fourth-order valence-corrected chi connectivity index (χ4v) is 1.91. The van der Waals surface area contributed by atoms with Crippen LogP contribution in [-0.4, -0.2) is 32.4 Å². The zero-order valence-electron chi connectivity index (χ0n) is 10.6. The molecule has 17 heavy (non-hydrogen) atoms. The van der Waals surface area contributed by atoms with Gasteiger partial charge in [-0.1, -0.05) is 22.0 Å². The van der Waals surface area contributed by atoms with Crippen molar-refractivity contribution in [2.45, 2.75) is 19.4 Å². The van der Waals surface area contributed by atoms with E-state index in [-0.39, 0.29) is 5.54 Å². The molecule has 0 aromatic heterocycles. The van der Waals surface area contributed by atoms with Crippen LogP contribution in [0.4, 0.5) is 0 Å². The Bertz CT molecular complexity index is 342. The van der Waals surface area contributed by atoms with Crippen molar-refractivity contribution in [2.24, 2.45) is 0 Å². The molecule has 0 aliphatic rings. The van der Waals surface area contributed by atoms with Crippen molar-refractivity contribution in [1.82, 2.24) is 5.32 Å². The van der Waals surface area contributed by atoms with E-state index in [1.165, 1.54) is 0 Å². The second kappa shape index (κ2) is 6.99. The van der Waals surface area contributed by atoms with Crippen LogP contribution in [0.3, 0.4) is 0 Å². The number of rotatable bonds is 7. The number of hydrogen-bond donors (Lipinski definition) is 1. The Morgan fingerprint density at radius 3 is 2.76 bits per heavy atom. The van der Waals surface area contributed by atoms with Crippen LogP contribution in [0.15, 0.2) is 28.7 Å². The minimum absolute atomic E-state index is 0.0185. The van der Waals surface area contributed by atoms with Crippen molar-refractivity contribution < 1.29 is 9.47 Å². The van der Waals surface area contributed by atoms with Crippen LogP contribution in [0.5, 0.6) is 5.75 Å². The summed E-state index contributed by atoms with van der Waals surface area (Å²) in [5.41, 5.74) is -0.0185. The van der Waals surface area contributed by atoms with E-state index in [9.17, 15) is 0 Å². The minimum atomic E-state index is -0.0185. The fraction of sp³-hybridized carbons (Fsp3) is 0.538. The van der Waals surface area contributed by atoms with Gasteiger partial charge >= 0.3 is 0 Å². The van der Waals surface area contributed by atoms with E-state index >= 15 is 0 Å². The molecule has 3 nitrogen and oxygen atoms in total. The highest BCUT2D eigenvalue weighted by atomic mass is 79.9. The molecule has 1 aromatic carbocycles. The summed E-state index contributed by atoms with van der Waals surface area (Å²) in [5.74, 6) is 0.880. The molecule has 1 N–H and O–H groups in total. The molecular weight excluding hydrogens is 282 g/mol. The third-order valence-corrected chi connectivity index (χ3v) is 2.77. The molecule has 96 valence electrons. The first-order valence-corrected chi connectivity index (χ1v) is 6.45. The second-order valence-corrected chi connectivity index (χ2v) is 5.47. The Kier molecular flexibility index (Phi) is 5.95. The van der Waals surface area contributed by atoms with E-state index in [1.807, 2.05) is 24.3 Å². The minimum Gasteiger partial charge on any atom is -0.492 e. The van der Waals surface area contributed by atoms with Gasteiger partial charge in [-0.15, -0.1) is 0 Å². The predicted octanol–water partition coefficient (Wildman–Crippen LogP) is 2.84. The maximum Gasteiger partial charge on any atom is 0.120 e. The second-order valence-electron chi connectivity index (χ2n) is 4.55. The van der Waals surface area contributed by atoms with Crippen LogP contribution in [0.1, 0.15) is 13.8 Å². The SMILES string of the molecule is COCC(C)(C)NCCOc1cccc(Br)c1. The Balaban J connectivity index is 2.24. The van der Waals surface area contributed by atoms with Gasteiger partial charge in [0, 0.05) is 23.7 Å². The lowest BCUT2D eigenvalue weighted by Crippen LogP contribution is -2.45. The summed E-state index contributed by atoms with van der Waals surface area (Å²) in [6.07, 6.45) is 0. The van der Waals surface area contributed by atoms with Crippen LogP contribution in [0, 0.1) is 0 Å². The van der Waals surface area contributed by atoms with Crippen molar-refractivity contribution in [3.8, 4) is 5.75 Å². The average Bonchev–Trinajstić information content (AvgIpc) is 2.24. The van der Waals surface area contributed by atoms with Crippen molar-refractivity contribution in [2.75, 3.05) is 26.9 Å². The van der Waals surface area contributed by atoms with E-state index in [0.29, 0.717) is 13.2 Å². The average molecular weight is 302 g/mol. The lowest BCUT2D eigenvalue weighted by molar-refractivity contribution is 0.125. The smallest absolute Gasteiger partial charge is 0.120 e. The summed E-state index contributed by atoms with van der Waals surface area (Å²) in [6.45, 7) is 6.33. The molecule has 4 heteroatoms. The van der Waals surface area contributed by atoms with E-state index in [0.717, 1.165) is 16.8 Å². The normalized spacial score (nSPS) is 11.5. The fourth-order valence-electron chi connectivity index (χ4n) is 1.53. The maximum absolute atomic E-state index is 5.63. The van der Waals surface area contributed by atoms with Crippen LogP contribution < -0.4 is 10.1 Å². The lowest BCUT2D eigenvalue weighted by Gasteiger charge is -2.25. The third-order valence-electron chi connectivity index (χ3n) is 2.28. The van der Waals surface area contributed by atoms with Gasteiger partial charge in [0.25, 0.3) is 0 Å². The summed E-state index contributed by atoms with van der Waals surface area (Å²) in [7, 11) is 1.71. The van der Waals surface area contributed by atoms with Gasteiger partial charge in [-0.3, -0.25) is 0 Å². The number of nitrogens with one attached hydrogen (secondary N) is 1. The summed E-state index contributed by atoms with van der Waals surface area (Å²) >= 11 is 3.41. The number of benzene rings is 1. The Labute approximate surface area is 112 Å². The first kappa shape index (κ1) is 14.5. The molecule has 1 rings (SSSR count). The monoisotopic (exact) mass is 301 g/mol. The molecule has 0 spiro atoms. The molecule has 0 fully saturated rings. The van der Waals surface area contributed by atoms with Crippen molar-refractivity contribution >= 4 is 15.9 Å². The van der Waals surface area contributed by atoms with Gasteiger partial charge in [0.1, 0.15) is 12.4 Å². The molecule has 0 amide bonds. The third kappa shape index (κ3) is 6.05. The molecule has 0 radical (unpaired) electrons. The molecule has 0 aliphatic carbocycles. The molecule has 0 atom stereocenters. The van der Waals surface area contributed by atoms with Gasteiger partial charge < -0.3 is 14.8 Å². The molecule has 0 heterocycles. The highest BCUT2D eigenvalue weighted by Crippen LogP contribution is 2.17. The molecular formula is C13H20BrNO2.